The molecule has 0 aromatic heterocycles. The third kappa shape index (κ3) is 1.54. The quantitative estimate of drug-likeness (QED) is 0.664. The Hall–Kier alpha value is -0.960. The zero-order chi connectivity index (χ0) is 8.43. The molecule has 1 rings (SSSR count). The highest BCUT2D eigenvalue weighted by molar-refractivity contribution is 6.33. The number of methoxy groups -OCH3 is 1. The van der Waals surface area contributed by atoms with Gasteiger partial charge in [-0.3, -0.25) is 0 Å². The molecule has 0 saturated heterocycles. The normalized spacial score (nSPS) is 9.73. The molecule has 11 heavy (non-hydrogen) atoms. The van der Waals surface area contributed by atoms with Crippen LogP contribution in [0.2, 0.25) is 5.02 Å². The zero-order valence-electron chi connectivity index (χ0n) is 5.90. The van der Waals surface area contributed by atoms with Crippen LogP contribution >= 0.6 is 11.6 Å². The summed E-state index contributed by atoms with van der Waals surface area (Å²) in [6.07, 6.45) is 0. The van der Waals surface area contributed by atoms with Crippen molar-refractivity contribution in [3.05, 3.63) is 23.0 Å². The lowest BCUT2D eigenvalue weighted by atomic mass is 10.3. The fourth-order valence-corrected chi connectivity index (χ4v) is 0.927. The maximum Gasteiger partial charge on any atom is 0.146 e. The maximum atomic E-state index is 12.6. The van der Waals surface area contributed by atoms with Crippen molar-refractivity contribution in [1.29, 1.82) is 0 Å². The van der Waals surface area contributed by atoms with Crippen LogP contribution in [0, 0.1) is 5.82 Å². The summed E-state index contributed by atoms with van der Waals surface area (Å²) in [5, 5.41) is 0.168. The lowest BCUT2D eigenvalue weighted by molar-refractivity contribution is 0.413. The molecule has 4 heteroatoms. The van der Waals surface area contributed by atoms with Gasteiger partial charge in [0.1, 0.15) is 11.6 Å². The molecule has 0 amide bonds. The van der Waals surface area contributed by atoms with Gasteiger partial charge in [0.2, 0.25) is 0 Å². The van der Waals surface area contributed by atoms with Gasteiger partial charge in [0.15, 0.2) is 0 Å². The summed E-state index contributed by atoms with van der Waals surface area (Å²) < 4.78 is 17.3. The van der Waals surface area contributed by atoms with E-state index in [1.54, 1.807) is 0 Å². The highest BCUT2D eigenvalue weighted by Gasteiger charge is 2.05. The van der Waals surface area contributed by atoms with Gasteiger partial charge in [-0.05, 0) is 6.07 Å². The minimum Gasteiger partial charge on any atom is -0.494 e. The van der Waals surface area contributed by atoms with Crippen LogP contribution in [0.4, 0.5) is 10.1 Å². The number of benzene rings is 1. The van der Waals surface area contributed by atoms with Crippen molar-refractivity contribution < 1.29 is 9.13 Å². The fraction of sp³-hybridized carbons (Fsp3) is 0.143. The van der Waals surface area contributed by atoms with E-state index >= 15 is 0 Å². The predicted octanol–water partition coefficient (Wildman–Crippen LogP) is 2.07. The first-order chi connectivity index (χ1) is 5.15. The summed E-state index contributed by atoms with van der Waals surface area (Å²) in [5.41, 5.74) is 5.70. The average molecular weight is 176 g/mol. The van der Waals surface area contributed by atoms with Crippen molar-refractivity contribution in [2.75, 3.05) is 12.8 Å². The van der Waals surface area contributed by atoms with Crippen molar-refractivity contribution in [1.82, 2.24) is 0 Å². The third-order valence-corrected chi connectivity index (χ3v) is 1.59. The van der Waals surface area contributed by atoms with Crippen molar-refractivity contribution >= 4 is 17.3 Å². The molecule has 0 fully saturated rings. The van der Waals surface area contributed by atoms with Gasteiger partial charge >= 0.3 is 0 Å². The van der Waals surface area contributed by atoms with Gasteiger partial charge in [-0.1, -0.05) is 11.6 Å². The molecular weight excluding hydrogens is 169 g/mol. The van der Waals surface area contributed by atoms with Crippen LogP contribution in [-0.4, -0.2) is 7.11 Å². The highest BCUT2D eigenvalue weighted by atomic mass is 35.5. The molecule has 0 unspecified atom stereocenters. The molecule has 0 bridgehead atoms. The summed E-state index contributed by atoms with van der Waals surface area (Å²) in [7, 11) is 1.40. The Morgan fingerprint density at radius 2 is 2.18 bits per heavy atom. The Balaban J connectivity index is 3.24. The molecule has 1 aromatic rings. The number of anilines is 1. The van der Waals surface area contributed by atoms with Gasteiger partial charge in [-0.15, -0.1) is 0 Å². The van der Waals surface area contributed by atoms with E-state index in [0.717, 1.165) is 6.07 Å². The molecule has 2 nitrogen and oxygen atoms in total. The number of halogens is 2. The molecule has 0 radical (unpaired) electrons. The standard InChI is InChI=1S/C7H7ClFNO/c1-11-6-3-4(9)2-5(8)7(6)10/h2-3H,10H2,1H3. The molecule has 0 aliphatic carbocycles. The second kappa shape index (κ2) is 2.96. The molecule has 0 spiro atoms. The van der Waals surface area contributed by atoms with E-state index < -0.39 is 5.82 Å². The Labute approximate surface area is 68.7 Å². The smallest absolute Gasteiger partial charge is 0.146 e. The summed E-state index contributed by atoms with van der Waals surface area (Å²) in [4.78, 5) is 0. The SMILES string of the molecule is COc1cc(F)cc(Cl)c1N. The van der Waals surface area contributed by atoms with E-state index in [0.29, 0.717) is 0 Å². The lowest BCUT2D eigenvalue weighted by Crippen LogP contribution is -1.93. The Bertz CT molecular complexity index is 277. The van der Waals surface area contributed by atoms with Crippen molar-refractivity contribution in [3.63, 3.8) is 0 Å². The van der Waals surface area contributed by atoms with Crippen molar-refractivity contribution in [2.45, 2.75) is 0 Å². The van der Waals surface area contributed by atoms with Crippen LogP contribution in [0.1, 0.15) is 0 Å². The van der Waals surface area contributed by atoms with E-state index in [-0.39, 0.29) is 16.5 Å². The highest BCUT2D eigenvalue weighted by Crippen LogP contribution is 2.29. The Morgan fingerprint density at radius 3 is 2.73 bits per heavy atom. The van der Waals surface area contributed by atoms with E-state index in [9.17, 15) is 4.39 Å². The largest absolute Gasteiger partial charge is 0.494 e. The van der Waals surface area contributed by atoms with E-state index in [1.165, 1.54) is 13.2 Å². The molecule has 0 saturated carbocycles. The van der Waals surface area contributed by atoms with Gasteiger partial charge in [0, 0.05) is 6.07 Å². The molecule has 0 atom stereocenters. The molecular formula is C7H7ClFNO. The van der Waals surface area contributed by atoms with Gasteiger partial charge < -0.3 is 10.5 Å². The Morgan fingerprint density at radius 1 is 1.55 bits per heavy atom. The van der Waals surface area contributed by atoms with E-state index in [4.69, 9.17) is 22.1 Å². The van der Waals surface area contributed by atoms with E-state index in [1.807, 2.05) is 0 Å². The van der Waals surface area contributed by atoms with Crippen molar-refractivity contribution in [2.24, 2.45) is 0 Å². The van der Waals surface area contributed by atoms with E-state index in [2.05, 4.69) is 0 Å². The van der Waals surface area contributed by atoms with Gasteiger partial charge in [0.05, 0.1) is 17.8 Å². The average Bonchev–Trinajstić information content (AvgIpc) is 1.96. The first-order valence-corrected chi connectivity index (χ1v) is 3.31. The summed E-state index contributed by atoms with van der Waals surface area (Å²) >= 11 is 5.55. The summed E-state index contributed by atoms with van der Waals surface area (Å²) in [6.45, 7) is 0. The number of nitrogen functional groups attached to an aromatic ring is 1. The summed E-state index contributed by atoms with van der Waals surface area (Å²) in [6, 6.07) is 2.32. The van der Waals surface area contributed by atoms with Crippen LogP contribution in [0.25, 0.3) is 0 Å². The molecule has 2 N–H and O–H groups in total. The van der Waals surface area contributed by atoms with Crippen LogP contribution < -0.4 is 10.5 Å². The topological polar surface area (TPSA) is 35.2 Å². The molecule has 1 aromatic carbocycles. The number of rotatable bonds is 1. The molecule has 0 aliphatic rings. The molecule has 0 aliphatic heterocycles. The zero-order valence-corrected chi connectivity index (χ0v) is 6.65. The minimum atomic E-state index is -0.457. The third-order valence-electron chi connectivity index (χ3n) is 1.28. The van der Waals surface area contributed by atoms with Gasteiger partial charge in [-0.25, -0.2) is 4.39 Å². The second-order valence-electron chi connectivity index (χ2n) is 2.00. The number of ether oxygens (including phenoxy) is 1. The van der Waals surface area contributed by atoms with Crippen LogP contribution in [0.5, 0.6) is 5.75 Å². The fourth-order valence-electron chi connectivity index (χ4n) is 0.730. The van der Waals surface area contributed by atoms with Crippen LogP contribution in [0.3, 0.4) is 0 Å². The molecule has 60 valence electrons. The lowest BCUT2D eigenvalue weighted by Gasteiger charge is -2.04. The first kappa shape index (κ1) is 8.14. The minimum absolute atomic E-state index is 0.168. The summed E-state index contributed by atoms with van der Waals surface area (Å²) in [5.74, 6) is -0.198. The van der Waals surface area contributed by atoms with Gasteiger partial charge in [0.25, 0.3) is 0 Å². The maximum absolute atomic E-state index is 12.6. The number of hydrogen-bond donors (Lipinski definition) is 1. The first-order valence-electron chi connectivity index (χ1n) is 2.93. The second-order valence-corrected chi connectivity index (χ2v) is 2.41. The Kier molecular flexibility index (Phi) is 2.19. The molecule has 0 heterocycles. The van der Waals surface area contributed by atoms with Gasteiger partial charge in [-0.2, -0.15) is 0 Å². The number of hydrogen-bond acceptors (Lipinski definition) is 2. The monoisotopic (exact) mass is 175 g/mol. The van der Waals surface area contributed by atoms with Crippen LogP contribution in [0.15, 0.2) is 12.1 Å². The number of nitrogens with two attached hydrogens (primary N) is 1. The predicted molar refractivity (Wildman–Crippen MR) is 42.4 cm³/mol. The van der Waals surface area contributed by atoms with Crippen LogP contribution in [-0.2, 0) is 0 Å². The van der Waals surface area contributed by atoms with Crippen molar-refractivity contribution in [3.8, 4) is 5.75 Å².